The van der Waals surface area contributed by atoms with Crippen molar-refractivity contribution in [2.24, 2.45) is 0 Å². The maximum atomic E-state index is 13.2. The average molecular weight is 398 g/mol. The summed E-state index contributed by atoms with van der Waals surface area (Å²) in [7, 11) is 1.27. The van der Waals surface area contributed by atoms with Crippen LogP contribution in [-0.4, -0.2) is 46.9 Å². The van der Waals surface area contributed by atoms with Crippen molar-refractivity contribution in [3.8, 4) is 5.75 Å². The third kappa shape index (κ3) is 7.63. The van der Waals surface area contributed by atoms with Crippen LogP contribution >= 0.6 is 0 Å². The molecule has 27 heavy (non-hydrogen) atoms. The first-order valence-corrected chi connectivity index (χ1v) is 8.66. The van der Waals surface area contributed by atoms with Crippen molar-refractivity contribution in [3.63, 3.8) is 0 Å². The van der Waals surface area contributed by atoms with Gasteiger partial charge in [0.2, 0.25) is 0 Å². The number of halogens is 4. The normalized spacial score (nSPS) is 15.4. The van der Waals surface area contributed by atoms with Crippen molar-refractivity contribution in [2.75, 3.05) is 13.7 Å². The van der Waals surface area contributed by atoms with Crippen LogP contribution in [0.4, 0.5) is 17.6 Å². The van der Waals surface area contributed by atoms with Gasteiger partial charge in [0.25, 0.3) is 0 Å². The molecule has 0 fully saturated rings. The van der Waals surface area contributed by atoms with Crippen molar-refractivity contribution in [3.05, 3.63) is 29.6 Å². The molecule has 1 rings (SSSR count). The quantitative estimate of drug-likeness (QED) is 0.608. The fraction of sp³-hybridized carbons (Fsp3) is 0.684. The number of benzene rings is 1. The van der Waals surface area contributed by atoms with E-state index in [1.807, 2.05) is 6.92 Å². The molecule has 8 heteroatoms. The number of methoxy groups -OCH3 is 1. The zero-order chi connectivity index (χ0) is 21.5. The van der Waals surface area contributed by atoms with Gasteiger partial charge in [0.05, 0.1) is 19.8 Å². The summed E-state index contributed by atoms with van der Waals surface area (Å²) in [6.07, 6.45) is -3.86. The molecule has 2 unspecified atom stereocenters. The number of rotatable bonds is 7. The molecule has 158 valence electrons. The highest BCUT2D eigenvalue weighted by molar-refractivity contribution is 5.39. The molecule has 0 amide bonds. The predicted molar refractivity (Wildman–Crippen MR) is 95.3 cm³/mol. The topological polar surface area (TPSA) is 69.9 Å². The SMILES string of the molecule is CCCC(C)O.COc1cc(F)ccc1C(C)(C)CC(O)(CO)C(F)(F)F. The Labute approximate surface area is 157 Å². The molecule has 1 aromatic rings. The number of hydrogen-bond donors (Lipinski definition) is 3. The fourth-order valence-electron chi connectivity index (χ4n) is 2.71. The Morgan fingerprint density at radius 3 is 2.07 bits per heavy atom. The minimum atomic E-state index is -4.98. The minimum absolute atomic E-state index is 0.0856. The molecule has 0 saturated heterocycles. The molecule has 0 aliphatic carbocycles. The second-order valence-corrected chi connectivity index (χ2v) is 7.23. The monoisotopic (exact) mass is 398 g/mol. The van der Waals surface area contributed by atoms with Gasteiger partial charge in [-0.2, -0.15) is 13.2 Å². The molecular weight excluding hydrogens is 368 g/mol. The lowest BCUT2D eigenvalue weighted by Crippen LogP contribution is -2.52. The van der Waals surface area contributed by atoms with Crippen LogP contribution < -0.4 is 4.74 Å². The van der Waals surface area contributed by atoms with Gasteiger partial charge in [-0.05, 0) is 31.2 Å². The third-order valence-corrected chi connectivity index (χ3v) is 4.12. The lowest BCUT2D eigenvalue weighted by Gasteiger charge is -2.37. The Hall–Kier alpha value is -1.38. The molecule has 0 aliphatic rings. The summed E-state index contributed by atoms with van der Waals surface area (Å²) in [5.41, 5.74) is -4.13. The van der Waals surface area contributed by atoms with Crippen molar-refractivity contribution >= 4 is 0 Å². The Morgan fingerprint density at radius 2 is 1.74 bits per heavy atom. The Morgan fingerprint density at radius 1 is 1.19 bits per heavy atom. The van der Waals surface area contributed by atoms with Crippen LogP contribution in [0.25, 0.3) is 0 Å². The maximum Gasteiger partial charge on any atom is 0.419 e. The minimum Gasteiger partial charge on any atom is -0.496 e. The number of ether oxygens (including phenoxy) is 1. The zero-order valence-corrected chi connectivity index (χ0v) is 16.4. The van der Waals surface area contributed by atoms with Gasteiger partial charge in [-0.15, -0.1) is 0 Å². The lowest BCUT2D eigenvalue weighted by atomic mass is 9.74. The second-order valence-electron chi connectivity index (χ2n) is 7.23. The van der Waals surface area contributed by atoms with Crippen LogP contribution in [0.15, 0.2) is 18.2 Å². The van der Waals surface area contributed by atoms with Crippen LogP contribution in [0.3, 0.4) is 0 Å². The lowest BCUT2D eigenvalue weighted by molar-refractivity contribution is -0.277. The highest BCUT2D eigenvalue weighted by Crippen LogP contribution is 2.43. The van der Waals surface area contributed by atoms with Crippen molar-refractivity contribution < 1.29 is 37.6 Å². The van der Waals surface area contributed by atoms with E-state index in [-0.39, 0.29) is 11.9 Å². The number of alkyl halides is 3. The highest BCUT2D eigenvalue weighted by Gasteiger charge is 2.55. The van der Waals surface area contributed by atoms with Gasteiger partial charge in [-0.25, -0.2) is 4.39 Å². The van der Waals surface area contributed by atoms with E-state index in [1.165, 1.54) is 27.0 Å². The highest BCUT2D eigenvalue weighted by atomic mass is 19.4. The first kappa shape index (κ1) is 25.6. The van der Waals surface area contributed by atoms with Gasteiger partial charge in [-0.1, -0.05) is 33.3 Å². The maximum absolute atomic E-state index is 13.2. The van der Waals surface area contributed by atoms with Crippen molar-refractivity contribution in [2.45, 2.75) is 70.3 Å². The Kier molecular flexibility index (Phi) is 9.72. The van der Waals surface area contributed by atoms with Gasteiger partial charge in [0.15, 0.2) is 5.60 Å². The van der Waals surface area contributed by atoms with Gasteiger partial charge in [0, 0.05) is 11.6 Å². The first-order valence-electron chi connectivity index (χ1n) is 8.66. The van der Waals surface area contributed by atoms with E-state index < -0.39 is 36.0 Å². The molecule has 1 aromatic carbocycles. The molecule has 0 aromatic heterocycles. The third-order valence-electron chi connectivity index (χ3n) is 4.12. The van der Waals surface area contributed by atoms with Crippen LogP contribution in [0.2, 0.25) is 0 Å². The molecule has 4 nitrogen and oxygen atoms in total. The molecule has 0 radical (unpaired) electrons. The van der Waals surface area contributed by atoms with Crippen LogP contribution in [-0.2, 0) is 5.41 Å². The van der Waals surface area contributed by atoms with E-state index in [0.717, 1.165) is 25.0 Å². The van der Waals surface area contributed by atoms with Crippen LogP contribution in [0.5, 0.6) is 5.75 Å². The predicted octanol–water partition coefficient (Wildman–Crippen LogP) is 3.96. The van der Waals surface area contributed by atoms with E-state index in [9.17, 15) is 22.7 Å². The molecule has 0 saturated carbocycles. The van der Waals surface area contributed by atoms with Gasteiger partial charge < -0.3 is 20.1 Å². The summed E-state index contributed by atoms with van der Waals surface area (Å²) in [5.74, 6) is -0.498. The van der Waals surface area contributed by atoms with E-state index in [2.05, 4.69) is 6.92 Å². The Bertz CT molecular complexity index is 573. The Balaban J connectivity index is 0.000000972. The summed E-state index contributed by atoms with van der Waals surface area (Å²) in [6, 6.07) is 3.47. The summed E-state index contributed by atoms with van der Waals surface area (Å²) in [4.78, 5) is 0. The van der Waals surface area contributed by atoms with Gasteiger partial charge in [-0.3, -0.25) is 0 Å². The summed E-state index contributed by atoms with van der Waals surface area (Å²) in [6.45, 7) is 5.32. The average Bonchev–Trinajstić information content (AvgIpc) is 2.53. The molecule has 0 aliphatic heterocycles. The van der Waals surface area contributed by atoms with Gasteiger partial charge in [0.1, 0.15) is 11.6 Å². The number of aliphatic hydroxyl groups is 3. The molecule has 0 heterocycles. The van der Waals surface area contributed by atoms with Crippen molar-refractivity contribution in [1.82, 2.24) is 0 Å². The van der Waals surface area contributed by atoms with E-state index in [4.69, 9.17) is 14.9 Å². The number of aliphatic hydroxyl groups excluding tert-OH is 2. The van der Waals surface area contributed by atoms with Gasteiger partial charge >= 0.3 is 6.18 Å². The van der Waals surface area contributed by atoms with E-state index in [1.54, 1.807) is 0 Å². The van der Waals surface area contributed by atoms with E-state index >= 15 is 0 Å². The summed E-state index contributed by atoms with van der Waals surface area (Å²) < 4.78 is 56.8. The summed E-state index contributed by atoms with van der Waals surface area (Å²) in [5, 5.41) is 27.2. The van der Waals surface area contributed by atoms with E-state index in [0.29, 0.717) is 5.56 Å². The van der Waals surface area contributed by atoms with Crippen molar-refractivity contribution in [1.29, 1.82) is 0 Å². The molecule has 0 bridgehead atoms. The van der Waals surface area contributed by atoms with Crippen LogP contribution in [0, 0.1) is 5.82 Å². The summed E-state index contributed by atoms with van der Waals surface area (Å²) >= 11 is 0. The molecule has 3 N–H and O–H groups in total. The molecule has 2 atom stereocenters. The smallest absolute Gasteiger partial charge is 0.419 e. The molecule has 0 spiro atoms. The number of hydrogen-bond acceptors (Lipinski definition) is 4. The largest absolute Gasteiger partial charge is 0.496 e. The van der Waals surface area contributed by atoms with Crippen LogP contribution in [0.1, 0.15) is 52.5 Å². The second kappa shape index (κ2) is 10.2. The first-order chi connectivity index (χ1) is 12.2. The zero-order valence-electron chi connectivity index (χ0n) is 16.4. The fourth-order valence-corrected chi connectivity index (χ4v) is 2.71. The molecular formula is C19H30F4O4. The standard InChI is InChI=1S/C14H18F4O3.C5H12O/c1-12(2,7-13(20,8-19)14(16,17)18)10-5-4-9(15)6-11(10)21-3;1-3-4-5(2)6/h4-6,19-20H,7-8H2,1-3H3;5-6H,3-4H2,1-2H3.